The Morgan fingerprint density at radius 2 is 1.61 bits per heavy atom. The van der Waals surface area contributed by atoms with Gasteiger partial charge in [-0.3, -0.25) is 14.4 Å². The van der Waals surface area contributed by atoms with Gasteiger partial charge in [0.1, 0.15) is 12.1 Å². The molecule has 8 N–H and O–H groups in total. The summed E-state index contributed by atoms with van der Waals surface area (Å²) in [5.74, 6) is -3.46. The van der Waals surface area contributed by atoms with Crippen LogP contribution in [-0.4, -0.2) is 74.1 Å². The quantitative estimate of drug-likeness (QED) is 0.189. The van der Waals surface area contributed by atoms with Crippen LogP contribution in [0.25, 0.3) is 0 Å². The Labute approximate surface area is 193 Å². The molecule has 0 saturated carbocycles. The number of rotatable bonds is 13. The minimum absolute atomic E-state index is 0.0185. The first kappa shape index (κ1) is 28.0. The van der Waals surface area contributed by atoms with E-state index in [1.807, 2.05) is 13.8 Å². The maximum atomic E-state index is 13.0. The molecule has 0 saturated heterocycles. The fourth-order valence-corrected chi connectivity index (χ4v) is 3.14. The second kappa shape index (κ2) is 12.9. The summed E-state index contributed by atoms with van der Waals surface area (Å²) in [5.41, 5.74) is 6.44. The van der Waals surface area contributed by atoms with Crippen LogP contribution in [0.1, 0.15) is 46.7 Å². The molecule has 33 heavy (non-hydrogen) atoms. The van der Waals surface area contributed by atoms with Gasteiger partial charge in [0.15, 0.2) is 6.04 Å². The molecule has 1 heterocycles. The number of hydrogen-bond donors (Lipinski definition) is 7. The summed E-state index contributed by atoms with van der Waals surface area (Å²) in [5, 5.41) is 26.4. The van der Waals surface area contributed by atoms with E-state index in [0.29, 0.717) is 12.1 Å². The summed E-state index contributed by atoms with van der Waals surface area (Å²) < 4.78 is 0. The SMILES string of the molecule is CC(C)CC(N)C(=O)NC(C(=O)NC(Cc1cnc[nH]1)C(=O)NC(C(=O)O)C(C)O)C(C)C. The molecule has 0 aromatic carbocycles. The van der Waals surface area contributed by atoms with Crippen LogP contribution in [0.15, 0.2) is 12.5 Å². The topological polar surface area (TPSA) is 200 Å². The zero-order chi connectivity index (χ0) is 25.3. The van der Waals surface area contributed by atoms with Gasteiger partial charge in [-0.15, -0.1) is 0 Å². The van der Waals surface area contributed by atoms with Gasteiger partial charge in [-0.1, -0.05) is 27.7 Å². The van der Waals surface area contributed by atoms with Crippen molar-refractivity contribution in [2.45, 2.75) is 77.7 Å². The zero-order valence-electron chi connectivity index (χ0n) is 19.7. The van der Waals surface area contributed by atoms with E-state index in [1.165, 1.54) is 19.4 Å². The lowest BCUT2D eigenvalue weighted by atomic mass is 9.99. The van der Waals surface area contributed by atoms with E-state index in [2.05, 4.69) is 25.9 Å². The number of carbonyl (C=O) groups excluding carboxylic acids is 3. The van der Waals surface area contributed by atoms with Crippen LogP contribution in [0, 0.1) is 11.8 Å². The predicted octanol–water partition coefficient (Wildman–Crippen LogP) is -1.10. The number of carboxylic acids is 1. The fraction of sp³-hybridized carbons (Fsp3) is 0.667. The first-order chi connectivity index (χ1) is 15.3. The van der Waals surface area contributed by atoms with E-state index in [1.54, 1.807) is 13.8 Å². The van der Waals surface area contributed by atoms with Crippen LogP contribution in [0.4, 0.5) is 0 Å². The molecule has 0 radical (unpaired) electrons. The molecule has 186 valence electrons. The molecule has 1 rings (SSSR count). The highest BCUT2D eigenvalue weighted by Crippen LogP contribution is 2.08. The van der Waals surface area contributed by atoms with Gasteiger partial charge in [0.2, 0.25) is 17.7 Å². The number of imidazole rings is 1. The highest BCUT2D eigenvalue weighted by Gasteiger charge is 2.33. The van der Waals surface area contributed by atoms with Crippen molar-refractivity contribution in [1.29, 1.82) is 0 Å². The number of carboxylic acid groups (broad SMARTS) is 1. The molecule has 12 heteroatoms. The van der Waals surface area contributed by atoms with E-state index in [0.717, 1.165) is 0 Å². The van der Waals surface area contributed by atoms with Crippen LogP contribution in [0.2, 0.25) is 0 Å². The van der Waals surface area contributed by atoms with Crippen molar-refractivity contribution in [2.75, 3.05) is 0 Å². The average molecular weight is 469 g/mol. The fourth-order valence-electron chi connectivity index (χ4n) is 3.14. The molecule has 1 aromatic heterocycles. The lowest BCUT2D eigenvalue weighted by Crippen LogP contribution is -2.59. The number of aliphatic hydroxyl groups is 1. The minimum atomic E-state index is -1.56. The Bertz CT molecular complexity index is 795. The normalized spacial score (nSPS) is 15.9. The highest BCUT2D eigenvalue weighted by atomic mass is 16.4. The maximum absolute atomic E-state index is 13.0. The van der Waals surface area contributed by atoms with Crippen molar-refractivity contribution >= 4 is 23.7 Å². The number of nitrogens with one attached hydrogen (secondary N) is 4. The number of amides is 3. The second-order valence-corrected chi connectivity index (χ2v) is 8.87. The average Bonchev–Trinajstić information content (AvgIpc) is 3.20. The van der Waals surface area contributed by atoms with Gasteiger partial charge in [0.25, 0.3) is 0 Å². The number of aliphatic hydroxyl groups excluding tert-OH is 1. The monoisotopic (exact) mass is 468 g/mol. The molecule has 5 atom stereocenters. The molecule has 0 aliphatic rings. The summed E-state index contributed by atoms with van der Waals surface area (Å²) in [7, 11) is 0. The van der Waals surface area contributed by atoms with Crippen molar-refractivity contribution in [1.82, 2.24) is 25.9 Å². The molecule has 0 aliphatic carbocycles. The number of nitrogens with two attached hydrogens (primary N) is 1. The van der Waals surface area contributed by atoms with Crippen LogP contribution in [-0.2, 0) is 25.6 Å². The largest absolute Gasteiger partial charge is 0.480 e. The summed E-state index contributed by atoms with van der Waals surface area (Å²) in [4.78, 5) is 56.4. The standard InChI is InChI=1S/C21H36N6O6/c1-10(2)6-14(22)18(29)26-16(11(3)4)20(31)25-15(7-13-8-23-9-24-13)19(30)27-17(12(5)28)21(32)33/h8-12,14-17,28H,6-7,22H2,1-5H3,(H,23,24)(H,25,31)(H,26,29)(H,27,30)(H,32,33). The van der Waals surface area contributed by atoms with Crippen molar-refractivity contribution in [3.05, 3.63) is 18.2 Å². The molecule has 0 aliphatic heterocycles. The van der Waals surface area contributed by atoms with Gasteiger partial charge in [0.05, 0.1) is 18.5 Å². The first-order valence-electron chi connectivity index (χ1n) is 10.9. The smallest absolute Gasteiger partial charge is 0.328 e. The van der Waals surface area contributed by atoms with Gasteiger partial charge in [-0.2, -0.15) is 0 Å². The van der Waals surface area contributed by atoms with Gasteiger partial charge in [-0.05, 0) is 25.2 Å². The minimum Gasteiger partial charge on any atom is -0.480 e. The van der Waals surface area contributed by atoms with Crippen LogP contribution >= 0.6 is 0 Å². The van der Waals surface area contributed by atoms with Crippen LogP contribution < -0.4 is 21.7 Å². The van der Waals surface area contributed by atoms with Crippen LogP contribution in [0.3, 0.4) is 0 Å². The Morgan fingerprint density at radius 3 is 2.06 bits per heavy atom. The molecule has 5 unspecified atom stereocenters. The van der Waals surface area contributed by atoms with Crippen LogP contribution in [0.5, 0.6) is 0 Å². The third-order valence-corrected chi connectivity index (χ3v) is 4.97. The highest BCUT2D eigenvalue weighted by molar-refractivity contribution is 5.94. The van der Waals surface area contributed by atoms with Gasteiger partial charge >= 0.3 is 5.97 Å². The third kappa shape index (κ3) is 9.18. The number of carbonyl (C=O) groups is 4. The molecular weight excluding hydrogens is 432 g/mol. The summed E-state index contributed by atoms with van der Waals surface area (Å²) >= 11 is 0. The maximum Gasteiger partial charge on any atom is 0.328 e. The van der Waals surface area contributed by atoms with E-state index in [9.17, 15) is 29.4 Å². The Hall–Kier alpha value is -2.99. The predicted molar refractivity (Wildman–Crippen MR) is 120 cm³/mol. The number of nitrogens with zero attached hydrogens (tertiary/aromatic N) is 1. The third-order valence-electron chi connectivity index (χ3n) is 4.97. The van der Waals surface area contributed by atoms with Gasteiger partial charge in [0, 0.05) is 18.3 Å². The lowest BCUT2D eigenvalue weighted by Gasteiger charge is -2.27. The number of aromatic amines is 1. The summed E-state index contributed by atoms with van der Waals surface area (Å²) in [6.07, 6.45) is 1.92. The molecule has 1 aromatic rings. The second-order valence-electron chi connectivity index (χ2n) is 8.87. The number of H-pyrrole nitrogens is 1. The van der Waals surface area contributed by atoms with E-state index < -0.39 is 54.0 Å². The molecule has 0 fully saturated rings. The van der Waals surface area contributed by atoms with Crippen molar-refractivity contribution in [3.63, 3.8) is 0 Å². The van der Waals surface area contributed by atoms with Gasteiger partial charge < -0.3 is 36.9 Å². The lowest BCUT2D eigenvalue weighted by molar-refractivity contribution is -0.145. The van der Waals surface area contributed by atoms with Gasteiger partial charge in [-0.25, -0.2) is 9.78 Å². The molecule has 3 amide bonds. The summed E-state index contributed by atoms with van der Waals surface area (Å²) in [6, 6.07) is -4.51. The molecule has 12 nitrogen and oxygen atoms in total. The molecule has 0 spiro atoms. The molecule has 0 bridgehead atoms. The molecular formula is C21H36N6O6. The van der Waals surface area contributed by atoms with Crippen molar-refractivity contribution < 1.29 is 29.4 Å². The summed E-state index contributed by atoms with van der Waals surface area (Å²) in [6.45, 7) is 8.55. The van der Waals surface area contributed by atoms with E-state index >= 15 is 0 Å². The Morgan fingerprint density at radius 1 is 1.00 bits per heavy atom. The van der Waals surface area contributed by atoms with E-state index in [4.69, 9.17) is 5.73 Å². The van der Waals surface area contributed by atoms with Crippen molar-refractivity contribution in [2.24, 2.45) is 17.6 Å². The van der Waals surface area contributed by atoms with E-state index in [-0.39, 0.29) is 18.3 Å². The first-order valence-corrected chi connectivity index (χ1v) is 10.9. The number of aliphatic carboxylic acids is 1. The Kier molecular flexibility index (Phi) is 11.0. The van der Waals surface area contributed by atoms with Crippen molar-refractivity contribution in [3.8, 4) is 0 Å². The number of hydrogen-bond acceptors (Lipinski definition) is 7. The number of aromatic nitrogens is 2. The zero-order valence-corrected chi connectivity index (χ0v) is 19.7. The Balaban J connectivity index is 3.02.